The number of rotatable bonds is 5. The fraction of sp³-hybridized carbons (Fsp3) is 0.970. The van der Waals surface area contributed by atoms with Crippen LogP contribution in [0.5, 0.6) is 0 Å². The number of nitrogens with zero attached hydrogens (tertiary/aromatic N) is 1. The van der Waals surface area contributed by atoms with Gasteiger partial charge < -0.3 is 41.5 Å². The number of aliphatic hydroxyl groups is 4. The van der Waals surface area contributed by atoms with Crippen LogP contribution in [0.25, 0.3) is 0 Å². The van der Waals surface area contributed by atoms with E-state index in [0.29, 0.717) is 17.3 Å². The van der Waals surface area contributed by atoms with Gasteiger partial charge in [0.15, 0.2) is 0 Å². The maximum absolute atomic E-state index is 10.3. The molecule has 0 saturated heterocycles. The lowest BCUT2D eigenvalue weighted by Gasteiger charge is -2.48. The summed E-state index contributed by atoms with van der Waals surface area (Å²) in [6.45, 7) is 28.7. The second-order valence-electron chi connectivity index (χ2n) is 17.8. The van der Waals surface area contributed by atoms with Crippen LogP contribution in [0.1, 0.15) is 109 Å². The molecule has 256 valence electrons. The van der Waals surface area contributed by atoms with Crippen LogP contribution in [0, 0.1) is 33.5 Å². The topological polar surface area (TPSA) is 170 Å². The summed E-state index contributed by atoms with van der Waals surface area (Å²) in [5, 5.41) is 47.7. The monoisotopic (exact) mass is 609 g/mol. The second-order valence-corrected chi connectivity index (χ2v) is 17.8. The van der Waals surface area contributed by atoms with Crippen molar-refractivity contribution in [1.29, 1.82) is 0 Å². The smallest absolute Gasteiger partial charge is 0.320 e. The lowest BCUT2D eigenvalue weighted by Crippen LogP contribution is -2.60. The van der Waals surface area contributed by atoms with E-state index in [1.807, 2.05) is 41.5 Å². The first-order chi connectivity index (χ1) is 18.3. The Bertz CT molecular complexity index is 697. The van der Waals surface area contributed by atoms with Crippen LogP contribution < -0.4 is 11.5 Å². The third-order valence-electron chi connectivity index (χ3n) is 7.09. The molecule has 0 aromatic rings. The van der Waals surface area contributed by atoms with Gasteiger partial charge >= 0.3 is 5.97 Å². The highest BCUT2D eigenvalue weighted by Gasteiger charge is 2.50. The maximum Gasteiger partial charge on any atom is 0.320 e. The maximum atomic E-state index is 10.3. The van der Waals surface area contributed by atoms with Gasteiger partial charge in [0, 0.05) is 18.3 Å². The van der Waals surface area contributed by atoms with Crippen molar-refractivity contribution in [3.05, 3.63) is 0 Å². The van der Waals surface area contributed by atoms with E-state index in [4.69, 9.17) is 16.6 Å². The van der Waals surface area contributed by atoms with Gasteiger partial charge in [0.25, 0.3) is 0 Å². The molecule has 5 atom stereocenters. The highest BCUT2D eigenvalue weighted by atomic mass is 16.4. The van der Waals surface area contributed by atoms with Crippen molar-refractivity contribution in [3.63, 3.8) is 0 Å². The first-order valence-electron chi connectivity index (χ1n) is 15.5. The lowest BCUT2D eigenvalue weighted by atomic mass is 9.64. The van der Waals surface area contributed by atoms with E-state index in [2.05, 4.69) is 62.7 Å². The largest absolute Gasteiger partial charge is 0.480 e. The van der Waals surface area contributed by atoms with Crippen molar-refractivity contribution in [2.75, 3.05) is 34.2 Å². The molecule has 0 aromatic heterocycles. The highest BCUT2D eigenvalue weighted by Crippen LogP contribution is 2.40. The van der Waals surface area contributed by atoms with E-state index < -0.39 is 48.3 Å². The zero-order valence-corrected chi connectivity index (χ0v) is 30.3. The summed E-state index contributed by atoms with van der Waals surface area (Å²) in [7, 11) is 6.73. The molecule has 0 heterocycles. The van der Waals surface area contributed by atoms with Crippen LogP contribution in [0.4, 0.5) is 0 Å². The predicted octanol–water partition coefficient (Wildman–Crippen LogP) is 4.09. The quantitative estimate of drug-likeness (QED) is 0.229. The average molecular weight is 609 g/mol. The number of aliphatic carboxylic acids is 1. The third-order valence-corrected chi connectivity index (χ3v) is 7.09. The van der Waals surface area contributed by atoms with Crippen molar-refractivity contribution in [2.45, 2.75) is 140 Å². The Kier molecular flexibility index (Phi) is 19.8. The Balaban J connectivity index is -0.000000503. The molecule has 1 aliphatic rings. The predicted molar refractivity (Wildman–Crippen MR) is 176 cm³/mol. The standard InChI is InChI=1S/C11H22O4.C9H22N.C7H15NO2.C6H15N/c1-5-7(12)9(14)6(11(2,3)4)10(15)8(5)13;1-9(2,3)7-8-10(4,5)6;1-7(2,3)4-5(8)6(9)10;1-6(2,3)4-5-7/h5-10,12-15H,1-4H3;7-8H2,1-6H3;5H,4,8H2,1-3H3,(H,9,10);4-5,7H2,1-3H3/q;+1;;. The van der Waals surface area contributed by atoms with Crippen molar-refractivity contribution >= 4 is 5.97 Å². The molecule has 1 rings (SSSR count). The molecule has 1 saturated carbocycles. The molecule has 0 amide bonds. The number of aliphatic hydroxyl groups excluding tert-OH is 4. The molecule has 42 heavy (non-hydrogen) atoms. The summed E-state index contributed by atoms with van der Waals surface area (Å²) in [5.74, 6) is -1.94. The van der Waals surface area contributed by atoms with Crippen LogP contribution >= 0.6 is 0 Å². The minimum Gasteiger partial charge on any atom is -0.480 e. The van der Waals surface area contributed by atoms with Crippen LogP contribution in [0.2, 0.25) is 0 Å². The van der Waals surface area contributed by atoms with Gasteiger partial charge in [0.05, 0.1) is 52.1 Å². The number of carboxylic acid groups (broad SMARTS) is 1. The van der Waals surface area contributed by atoms with Crippen LogP contribution in [0.15, 0.2) is 0 Å². The molecule has 0 aliphatic heterocycles. The molecule has 1 aliphatic carbocycles. The SMILES string of the molecule is CC(C)(C)CC(N)C(=O)O.CC(C)(C)CCN.CC(C)(C)CC[N+](C)(C)C.CC1C(O)C(O)C(C(C)(C)C)C(O)C1O. The highest BCUT2D eigenvalue weighted by molar-refractivity contribution is 5.73. The first kappa shape index (κ1) is 45.6. The molecule has 9 heteroatoms. The molecular weight excluding hydrogens is 534 g/mol. The van der Waals surface area contributed by atoms with E-state index in [1.54, 1.807) is 6.92 Å². The van der Waals surface area contributed by atoms with Gasteiger partial charge in [-0.25, -0.2) is 0 Å². The summed E-state index contributed by atoms with van der Waals surface area (Å²) in [4.78, 5) is 10.3. The van der Waals surface area contributed by atoms with Crippen LogP contribution in [-0.4, -0.2) is 101 Å². The Labute approximate surface area is 259 Å². The zero-order valence-electron chi connectivity index (χ0n) is 30.3. The van der Waals surface area contributed by atoms with Gasteiger partial charge in [-0.1, -0.05) is 90.0 Å². The molecule has 0 aromatic carbocycles. The Hall–Kier alpha value is -0.810. The molecule has 1 fully saturated rings. The van der Waals surface area contributed by atoms with E-state index in [0.717, 1.165) is 17.4 Å². The number of carbonyl (C=O) groups is 1. The van der Waals surface area contributed by atoms with E-state index in [9.17, 15) is 25.2 Å². The van der Waals surface area contributed by atoms with Crippen molar-refractivity contribution in [3.8, 4) is 0 Å². The Morgan fingerprint density at radius 3 is 1.21 bits per heavy atom. The van der Waals surface area contributed by atoms with E-state index in [-0.39, 0.29) is 10.8 Å². The summed E-state index contributed by atoms with van der Waals surface area (Å²) in [5.41, 5.74) is 11.2. The first-order valence-corrected chi connectivity index (χ1v) is 15.5. The normalized spacial score (nSPS) is 26.0. The molecular formula is C33H74N3O6+. The minimum atomic E-state index is -0.988. The van der Waals surface area contributed by atoms with Gasteiger partial charge in [0.2, 0.25) is 0 Å². The molecule has 9 N–H and O–H groups in total. The summed E-state index contributed by atoms with van der Waals surface area (Å²) in [6, 6.07) is -0.722. The van der Waals surface area contributed by atoms with Gasteiger partial charge in [-0.2, -0.15) is 0 Å². The number of quaternary nitrogens is 1. The zero-order chi connectivity index (χ0) is 34.7. The van der Waals surface area contributed by atoms with Gasteiger partial charge in [-0.05, 0) is 41.0 Å². The van der Waals surface area contributed by atoms with E-state index in [1.165, 1.54) is 13.0 Å². The summed E-state index contributed by atoms with van der Waals surface area (Å²) in [6.07, 6.45) is -0.997. The summed E-state index contributed by atoms with van der Waals surface area (Å²) >= 11 is 0. The van der Waals surface area contributed by atoms with Crippen molar-refractivity contribution in [2.24, 2.45) is 45.0 Å². The fourth-order valence-corrected chi connectivity index (χ4v) is 4.33. The van der Waals surface area contributed by atoms with Gasteiger partial charge in [-0.3, -0.25) is 4.79 Å². The molecule has 0 radical (unpaired) electrons. The average Bonchev–Trinajstić information content (AvgIpc) is 2.72. The fourth-order valence-electron chi connectivity index (χ4n) is 4.33. The number of carboxylic acids is 1. The second kappa shape index (κ2) is 18.2. The Morgan fingerprint density at radius 2 is 1.07 bits per heavy atom. The van der Waals surface area contributed by atoms with Crippen LogP contribution in [-0.2, 0) is 4.79 Å². The number of nitrogens with two attached hydrogens (primary N) is 2. The Morgan fingerprint density at radius 1 is 0.714 bits per heavy atom. The summed E-state index contributed by atoms with van der Waals surface area (Å²) < 4.78 is 1.08. The third kappa shape index (κ3) is 23.6. The molecule has 5 unspecified atom stereocenters. The molecule has 9 nitrogen and oxygen atoms in total. The van der Waals surface area contributed by atoms with Gasteiger partial charge in [0.1, 0.15) is 6.04 Å². The van der Waals surface area contributed by atoms with Crippen LogP contribution in [0.3, 0.4) is 0 Å². The van der Waals surface area contributed by atoms with E-state index >= 15 is 0 Å². The van der Waals surface area contributed by atoms with Crippen molar-refractivity contribution < 1.29 is 34.8 Å². The number of hydrogen-bond acceptors (Lipinski definition) is 7. The molecule has 0 bridgehead atoms. The lowest BCUT2D eigenvalue weighted by molar-refractivity contribution is -0.871. The molecule has 0 spiro atoms. The van der Waals surface area contributed by atoms with Gasteiger partial charge in [-0.15, -0.1) is 0 Å². The number of hydrogen-bond donors (Lipinski definition) is 7. The van der Waals surface area contributed by atoms with Crippen molar-refractivity contribution in [1.82, 2.24) is 0 Å². The minimum absolute atomic E-state index is 0.00218.